The lowest BCUT2D eigenvalue weighted by molar-refractivity contribution is 0.00578. The van der Waals surface area contributed by atoms with Crippen LogP contribution in [0.15, 0.2) is 23.7 Å². The molecule has 0 atom stereocenters. The van der Waals surface area contributed by atoms with Crippen molar-refractivity contribution in [2.75, 3.05) is 6.54 Å². The number of hydrogen-bond donors (Lipinski definition) is 1. The predicted molar refractivity (Wildman–Crippen MR) is 84.9 cm³/mol. The fourth-order valence-electron chi connectivity index (χ4n) is 2.15. The van der Waals surface area contributed by atoms with Gasteiger partial charge in [-0.2, -0.15) is 0 Å². The third kappa shape index (κ3) is 3.14. The fraction of sp³-hybridized carbons (Fsp3) is 0.438. The summed E-state index contributed by atoms with van der Waals surface area (Å²) in [5, 5.41) is 0. The molecule has 6 heteroatoms. The molecule has 118 valence electrons. The van der Waals surface area contributed by atoms with E-state index in [1.54, 1.807) is 18.2 Å². The van der Waals surface area contributed by atoms with Gasteiger partial charge in [-0.1, -0.05) is 18.2 Å². The SMILES string of the molecule is CC1(C)OB(C(=Cc2ccc(C=O)cc2F)CN)OC1(C)C. The van der Waals surface area contributed by atoms with E-state index in [0.29, 0.717) is 22.9 Å². The van der Waals surface area contributed by atoms with Crippen LogP contribution < -0.4 is 5.73 Å². The molecular weight excluding hydrogens is 284 g/mol. The Balaban J connectivity index is 2.31. The molecule has 1 fully saturated rings. The van der Waals surface area contributed by atoms with Gasteiger partial charge in [-0.25, -0.2) is 4.39 Å². The summed E-state index contributed by atoms with van der Waals surface area (Å²) in [4.78, 5) is 10.7. The fourth-order valence-corrected chi connectivity index (χ4v) is 2.15. The van der Waals surface area contributed by atoms with E-state index in [-0.39, 0.29) is 6.54 Å². The van der Waals surface area contributed by atoms with E-state index in [2.05, 4.69) is 0 Å². The number of aldehydes is 1. The van der Waals surface area contributed by atoms with E-state index >= 15 is 0 Å². The first-order valence-electron chi connectivity index (χ1n) is 7.21. The molecule has 1 aliphatic heterocycles. The minimum absolute atomic E-state index is 0.186. The molecule has 0 amide bonds. The van der Waals surface area contributed by atoms with Gasteiger partial charge in [0.1, 0.15) is 12.1 Å². The zero-order valence-electron chi connectivity index (χ0n) is 13.4. The highest BCUT2D eigenvalue weighted by Crippen LogP contribution is 2.38. The van der Waals surface area contributed by atoms with Gasteiger partial charge in [0, 0.05) is 17.7 Å². The standard InChI is InChI=1S/C16H21BFNO3/c1-15(2)16(3,4)22-17(21-15)13(9-19)8-12-6-5-11(10-20)7-14(12)18/h5-8,10H,9,19H2,1-4H3. The highest BCUT2D eigenvalue weighted by Gasteiger charge is 2.52. The van der Waals surface area contributed by atoms with Crippen molar-refractivity contribution >= 4 is 19.5 Å². The number of benzene rings is 1. The number of halogens is 1. The van der Waals surface area contributed by atoms with Gasteiger partial charge in [0.2, 0.25) is 0 Å². The average Bonchev–Trinajstić information content (AvgIpc) is 2.65. The number of carbonyl (C=O) groups excluding carboxylic acids is 1. The summed E-state index contributed by atoms with van der Waals surface area (Å²) in [6, 6.07) is 4.29. The van der Waals surface area contributed by atoms with Gasteiger partial charge < -0.3 is 15.0 Å². The van der Waals surface area contributed by atoms with Crippen molar-refractivity contribution in [3.8, 4) is 0 Å². The third-order valence-corrected chi connectivity index (χ3v) is 4.29. The molecule has 0 unspecified atom stereocenters. The van der Waals surface area contributed by atoms with E-state index < -0.39 is 24.1 Å². The Kier molecular flexibility index (Phi) is 4.56. The predicted octanol–water partition coefficient (Wildman–Crippen LogP) is 2.61. The van der Waals surface area contributed by atoms with E-state index in [1.807, 2.05) is 27.7 Å². The van der Waals surface area contributed by atoms with E-state index in [9.17, 15) is 9.18 Å². The summed E-state index contributed by atoms with van der Waals surface area (Å²) >= 11 is 0. The van der Waals surface area contributed by atoms with Crippen molar-refractivity contribution in [2.45, 2.75) is 38.9 Å². The van der Waals surface area contributed by atoms with E-state index in [0.717, 1.165) is 0 Å². The maximum Gasteiger partial charge on any atom is 0.491 e. The van der Waals surface area contributed by atoms with Crippen molar-refractivity contribution in [1.29, 1.82) is 0 Å². The van der Waals surface area contributed by atoms with Crippen LogP contribution in [0, 0.1) is 5.82 Å². The Morgan fingerprint density at radius 1 is 1.27 bits per heavy atom. The number of nitrogens with two attached hydrogens (primary N) is 1. The molecule has 1 aromatic carbocycles. The molecule has 0 aromatic heterocycles. The Morgan fingerprint density at radius 3 is 2.32 bits per heavy atom. The van der Waals surface area contributed by atoms with Crippen LogP contribution in [-0.4, -0.2) is 31.2 Å². The lowest BCUT2D eigenvalue weighted by atomic mass is 9.77. The smallest absolute Gasteiger partial charge is 0.400 e. The van der Waals surface area contributed by atoms with E-state index in [1.165, 1.54) is 6.07 Å². The Hall–Kier alpha value is -1.50. The Morgan fingerprint density at radius 2 is 1.86 bits per heavy atom. The molecule has 0 spiro atoms. The zero-order valence-corrected chi connectivity index (χ0v) is 13.4. The van der Waals surface area contributed by atoms with Crippen LogP contribution in [0.4, 0.5) is 4.39 Å². The molecule has 1 saturated heterocycles. The molecule has 2 rings (SSSR count). The molecule has 22 heavy (non-hydrogen) atoms. The van der Waals surface area contributed by atoms with Crippen LogP contribution >= 0.6 is 0 Å². The number of rotatable bonds is 4. The van der Waals surface area contributed by atoms with Crippen molar-refractivity contribution in [2.24, 2.45) is 5.73 Å². The van der Waals surface area contributed by atoms with Crippen molar-refractivity contribution < 1.29 is 18.5 Å². The van der Waals surface area contributed by atoms with Gasteiger partial charge in [0.25, 0.3) is 0 Å². The largest absolute Gasteiger partial charge is 0.491 e. The van der Waals surface area contributed by atoms with Crippen LogP contribution in [0.2, 0.25) is 0 Å². The molecule has 1 aromatic rings. The van der Waals surface area contributed by atoms with Gasteiger partial charge in [-0.15, -0.1) is 0 Å². The minimum Gasteiger partial charge on any atom is -0.400 e. The number of hydrogen-bond acceptors (Lipinski definition) is 4. The summed E-state index contributed by atoms with van der Waals surface area (Å²) in [5.41, 5.74) is 6.10. The van der Waals surface area contributed by atoms with Crippen molar-refractivity contribution in [3.05, 3.63) is 40.6 Å². The summed E-state index contributed by atoms with van der Waals surface area (Å²) in [6.07, 6.45) is 2.22. The zero-order chi connectivity index (χ0) is 16.5. The van der Waals surface area contributed by atoms with Gasteiger partial charge in [0.15, 0.2) is 0 Å². The number of carbonyl (C=O) groups is 1. The molecule has 1 aliphatic rings. The topological polar surface area (TPSA) is 61.5 Å². The molecule has 4 nitrogen and oxygen atoms in total. The van der Waals surface area contributed by atoms with Crippen LogP contribution in [-0.2, 0) is 9.31 Å². The molecule has 1 heterocycles. The average molecular weight is 305 g/mol. The summed E-state index contributed by atoms with van der Waals surface area (Å²) in [6.45, 7) is 7.97. The minimum atomic E-state index is -0.611. The molecule has 0 saturated carbocycles. The molecule has 0 aliphatic carbocycles. The lowest BCUT2D eigenvalue weighted by Gasteiger charge is -2.32. The second-order valence-corrected chi connectivity index (χ2v) is 6.41. The summed E-state index contributed by atoms with van der Waals surface area (Å²) in [7, 11) is -0.611. The van der Waals surface area contributed by atoms with Gasteiger partial charge >= 0.3 is 7.12 Å². The van der Waals surface area contributed by atoms with Crippen LogP contribution in [0.5, 0.6) is 0 Å². The quantitative estimate of drug-likeness (QED) is 0.686. The monoisotopic (exact) mass is 305 g/mol. The molecule has 0 radical (unpaired) electrons. The maximum atomic E-state index is 14.0. The Labute approximate surface area is 130 Å². The van der Waals surface area contributed by atoms with E-state index in [4.69, 9.17) is 15.0 Å². The van der Waals surface area contributed by atoms with Crippen LogP contribution in [0.1, 0.15) is 43.6 Å². The normalized spacial score (nSPS) is 20.3. The van der Waals surface area contributed by atoms with Gasteiger partial charge in [0.05, 0.1) is 11.2 Å². The first-order valence-corrected chi connectivity index (χ1v) is 7.21. The van der Waals surface area contributed by atoms with Crippen LogP contribution in [0.25, 0.3) is 6.08 Å². The van der Waals surface area contributed by atoms with Crippen molar-refractivity contribution in [3.63, 3.8) is 0 Å². The third-order valence-electron chi connectivity index (χ3n) is 4.29. The Bertz CT molecular complexity index is 597. The highest BCUT2D eigenvalue weighted by molar-refractivity contribution is 6.55. The highest BCUT2D eigenvalue weighted by atomic mass is 19.1. The first-order chi connectivity index (χ1) is 10.2. The van der Waals surface area contributed by atoms with Gasteiger partial charge in [-0.3, -0.25) is 4.79 Å². The van der Waals surface area contributed by atoms with Crippen molar-refractivity contribution in [1.82, 2.24) is 0 Å². The second kappa shape index (κ2) is 5.95. The summed E-state index contributed by atoms with van der Waals surface area (Å²) in [5.74, 6) is -0.480. The second-order valence-electron chi connectivity index (χ2n) is 6.41. The molecule has 2 N–H and O–H groups in total. The van der Waals surface area contributed by atoms with Crippen LogP contribution in [0.3, 0.4) is 0 Å². The first kappa shape index (κ1) is 16.9. The van der Waals surface area contributed by atoms with Gasteiger partial charge in [-0.05, 0) is 39.2 Å². The maximum absolute atomic E-state index is 14.0. The summed E-state index contributed by atoms with van der Waals surface area (Å²) < 4.78 is 25.8. The lowest BCUT2D eigenvalue weighted by Crippen LogP contribution is -2.41. The molecular formula is C16H21BFNO3. The molecule has 0 bridgehead atoms.